The lowest BCUT2D eigenvalue weighted by Gasteiger charge is -2.24. The van der Waals surface area contributed by atoms with Gasteiger partial charge in [-0.25, -0.2) is 15.0 Å². The van der Waals surface area contributed by atoms with Crippen molar-refractivity contribution < 1.29 is 22.7 Å². The SMILES string of the molecule is CCCN1CC2CN(c3ncc(C(=O)Nc4ccc(OC(F)(F)F)cc4)cc3-c3cncnc3)CC2C1. The number of nitrogens with one attached hydrogen (secondary N) is 1. The van der Waals surface area contributed by atoms with Gasteiger partial charge in [0.1, 0.15) is 17.9 Å². The molecule has 0 bridgehead atoms. The van der Waals surface area contributed by atoms with Crippen LogP contribution in [0.3, 0.4) is 0 Å². The van der Waals surface area contributed by atoms with Gasteiger partial charge in [0.2, 0.25) is 0 Å². The highest BCUT2D eigenvalue weighted by Gasteiger charge is 2.40. The zero-order chi connectivity index (χ0) is 26.0. The Balaban J connectivity index is 1.35. The van der Waals surface area contributed by atoms with Crippen LogP contribution < -0.4 is 15.0 Å². The molecule has 0 saturated carbocycles. The number of hydrogen-bond acceptors (Lipinski definition) is 7. The van der Waals surface area contributed by atoms with Gasteiger partial charge < -0.3 is 19.9 Å². The van der Waals surface area contributed by atoms with Gasteiger partial charge in [-0.05, 0) is 55.1 Å². The standard InChI is InChI=1S/C26H27F3N6O2/c1-2-7-34-12-19-14-35(15-20(19)13-34)24-23(18-9-30-16-31-10-18)8-17(11-32-24)25(36)33-21-3-5-22(6-4-21)37-26(27,28)29/h3-6,8-11,16,19-20H,2,7,12-15H2,1H3,(H,33,36). The molecule has 2 aliphatic rings. The van der Waals surface area contributed by atoms with Gasteiger partial charge >= 0.3 is 6.36 Å². The van der Waals surface area contributed by atoms with Gasteiger partial charge in [-0.2, -0.15) is 0 Å². The number of hydrogen-bond donors (Lipinski definition) is 1. The maximum atomic E-state index is 13.0. The summed E-state index contributed by atoms with van der Waals surface area (Å²) in [6.45, 7) is 7.30. The number of aromatic nitrogens is 3. The summed E-state index contributed by atoms with van der Waals surface area (Å²) in [5, 5.41) is 2.70. The Labute approximate surface area is 212 Å². The molecule has 2 saturated heterocycles. The highest BCUT2D eigenvalue weighted by Crippen LogP contribution is 2.37. The first-order valence-corrected chi connectivity index (χ1v) is 12.2. The molecule has 2 fully saturated rings. The topological polar surface area (TPSA) is 83.5 Å². The maximum absolute atomic E-state index is 13.0. The van der Waals surface area contributed by atoms with Crippen molar-refractivity contribution in [2.45, 2.75) is 19.7 Å². The quantitative estimate of drug-likeness (QED) is 0.500. The summed E-state index contributed by atoms with van der Waals surface area (Å²) < 4.78 is 41.1. The van der Waals surface area contributed by atoms with E-state index in [1.54, 1.807) is 18.5 Å². The summed E-state index contributed by atoms with van der Waals surface area (Å²) >= 11 is 0. The van der Waals surface area contributed by atoms with Crippen molar-refractivity contribution in [2.75, 3.05) is 42.9 Å². The second-order valence-electron chi connectivity index (χ2n) is 9.43. The Morgan fingerprint density at radius 2 is 1.73 bits per heavy atom. The van der Waals surface area contributed by atoms with Crippen molar-refractivity contribution in [2.24, 2.45) is 11.8 Å². The first kappa shape index (κ1) is 24.9. The highest BCUT2D eigenvalue weighted by molar-refractivity contribution is 6.05. The smallest absolute Gasteiger partial charge is 0.406 e. The molecule has 5 rings (SSSR count). The van der Waals surface area contributed by atoms with E-state index in [1.165, 1.54) is 24.7 Å². The average molecular weight is 513 g/mol. The van der Waals surface area contributed by atoms with E-state index in [0.717, 1.165) is 68.2 Å². The summed E-state index contributed by atoms with van der Waals surface area (Å²) in [5.74, 6) is 1.16. The number of halogens is 3. The van der Waals surface area contributed by atoms with Crippen LogP contribution in [0.15, 0.2) is 55.2 Å². The molecule has 0 radical (unpaired) electrons. The van der Waals surface area contributed by atoms with E-state index in [2.05, 4.69) is 41.7 Å². The van der Waals surface area contributed by atoms with Crippen LogP contribution in [0, 0.1) is 11.8 Å². The van der Waals surface area contributed by atoms with E-state index >= 15 is 0 Å². The third-order valence-corrected chi connectivity index (χ3v) is 6.75. The van der Waals surface area contributed by atoms with Crippen molar-refractivity contribution >= 4 is 17.4 Å². The lowest BCUT2D eigenvalue weighted by Crippen LogP contribution is -2.30. The summed E-state index contributed by atoms with van der Waals surface area (Å²) in [4.78, 5) is 30.8. The van der Waals surface area contributed by atoms with Crippen LogP contribution in [0.25, 0.3) is 11.1 Å². The molecule has 37 heavy (non-hydrogen) atoms. The van der Waals surface area contributed by atoms with Gasteiger partial charge in [0.25, 0.3) is 5.91 Å². The number of benzene rings is 1. The molecule has 1 aromatic carbocycles. The molecular weight excluding hydrogens is 485 g/mol. The van der Waals surface area contributed by atoms with Crippen LogP contribution in [0.5, 0.6) is 5.75 Å². The van der Waals surface area contributed by atoms with Crippen LogP contribution in [0.2, 0.25) is 0 Å². The van der Waals surface area contributed by atoms with Crippen molar-refractivity contribution in [1.29, 1.82) is 0 Å². The third-order valence-electron chi connectivity index (χ3n) is 6.75. The van der Waals surface area contributed by atoms with E-state index in [9.17, 15) is 18.0 Å². The first-order chi connectivity index (χ1) is 17.8. The predicted octanol–water partition coefficient (Wildman–Crippen LogP) is 4.47. The molecule has 2 aromatic heterocycles. The number of alkyl halides is 3. The largest absolute Gasteiger partial charge is 0.573 e. The van der Waals surface area contributed by atoms with Gasteiger partial charge in [-0.15, -0.1) is 13.2 Å². The van der Waals surface area contributed by atoms with Gasteiger partial charge in [0, 0.05) is 61.6 Å². The van der Waals surface area contributed by atoms with Crippen LogP contribution in [-0.2, 0) is 0 Å². The van der Waals surface area contributed by atoms with Gasteiger partial charge in [-0.1, -0.05) is 6.92 Å². The minimum Gasteiger partial charge on any atom is -0.406 e. The predicted molar refractivity (Wildman–Crippen MR) is 132 cm³/mol. The van der Waals surface area contributed by atoms with Crippen LogP contribution in [-0.4, -0.2) is 64.8 Å². The second-order valence-corrected chi connectivity index (χ2v) is 9.43. The molecule has 2 atom stereocenters. The molecule has 8 nitrogen and oxygen atoms in total. The third kappa shape index (κ3) is 5.82. The number of amides is 1. The molecule has 3 aromatic rings. The Kier molecular flexibility index (Phi) is 6.96. The Hall–Kier alpha value is -3.73. The highest BCUT2D eigenvalue weighted by atomic mass is 19.4. The molecule has 0 spiro atoms. The Morgan fingerprint density at radius 3 is 2.35 bits per heavy atom. The molecule has 4 heterocycles. The summed E-state index contributed by atoms with van der Waals surface area (Å²) in [6, 6.07) is 6.73. The monoisotopic (exact) mass is 512 g/mol. The number of ether oxygens (including phenoxy) is 1. The molecular formula is C26H27F3N6O2. The van der Waals surface area contributed by atoms with Crippen LogP contribution in [0.4, 0.5) is 24.7 Å². The lowest BCUT2D eigenvalue weighted by molar-refractivity contribution is -0.274. The summed E-state index contributed by atoms with van der Waals surface area (Å²) in [5.41, 5.74) is 2.15. The zero-order valence-electron chi connectivity index (χ0n) is 20.3. The van der Waals surface area contributed by atoms with Crippen LogP contribution in [0.1, 0.15) is 23.7 Å². The minimum atomic E-state index is -4.78. The van der Waals surface area contributed by atoms with E-state index in [0.29, 0.717) is 23.1 Å². The number of likely N-dealkylation sites (tertiary alicyclic amines) is 1. The zero-order valence-corrected chi connectivity index (χ0v) is 20.3. The van der Waals surface area contributed by atoms with E-state index < -0.39 is 12.3 Å². The number of nitrogens with zero attached hydrogens (tertiary/aromatic N) is 5. The summed E-state index contributed by atoms with van der Waals surface area (Å²) in [6.07, 6.45) is 2.72. The summed E-state index contributed by atoms with van der Waals surface area (Å²) in [7, 11) is 0. The Morgan fingerprint density at radius 1 is 1.05 bits per heavy atom. The molecule has 0 aliphatic carbocycles. The van der Waals surface area contributed by atoms with Crippen molar-refractivity contribution in [1.82, 2.24) is 19.9 Å². The van der Waals surface area contributed by atoms with Crippen molar-refractivity contribution in [3.8, 4) is 16.9 Å². The fourth-order valence-electron chi connectivity index (χ4n) is 5.19. The van der Waals surface area contributed by atoms with Gasteiger partial charge in [-0.3, -0.25) is 4.79 Å². The molecule has 1 N–H and O–H groups in total. The number of anilines is 2. The molecule has 194 valence electrons. The van der Waals surface area contributed by atoms with Crippen LogP contribution >= 0.6 is 0 Å². The average Bonchev–Trinajstić information content (AvgIpc) is 3.43. The Bertz CT molecular complexity index is 1230. The molecule has 1 amide bonds. The molecule has 2 aliphatic heterocycles. The van der Waals surface area contributed by atoms with E-state index in [4.69, 9.17) is 0 Å². The number of pyridine rings is 1. The number of fused-ring (bicyclic) bond motifs is 1. The normalized spacial score (nSPS) is 19.6. The first-order valence-electron chi connectivity index (χ1n) is 12.2. The van der Waals surface area contributed by atoms with Crippen molar-refractivity contribution in [3.05, 3.63) is 60.8 Å². The fourth-order valence-corrected chi connectivity index (χ4v) is 5.19. The maximum Gasteiger partial charge on any atom is 0.573 e. The lowest BCUT2D eigenvalue weighted by atomic mass is 10.0. The molecule has 11 heteroatoms. The molecule has 2 unspecified atom stereocenters. The van der Waals surface area contributed by atoms with E-state index in [-0.39, 0.29) is 5.75 Å². The van der Waals surface area contributed by atoms with E-state index in [1.807, 2.05) is 0 Å². The second kappa shape index (κ2) is 10.3. The minimum absolute atomic E-state index is 0.312. The number of carbonyl (C=O) groups is 1. The van der Waals surface area contributed by atoms with Gasteiger partial charge in [0.15, 0.2) is 0 Å². The number of rotatable bonds is 7. The number of carbonyl (C=O) groups excluding carboxylic acids is 1. The van der Waals surface area contributed by atoms with Crippen molar-refractivity contribution in [3.63, 3.8) is 0 Å². The fraction of sp³-hybridized carbons (Fsp3) is 0.385. The van der Waals surface area contributed by atoms with Gasteiger partial charge in [0.05, 0.1) is 5.56 Å².